The molecule has 0 saturated carbocycles. The second kappa shape index (κ2) is 13.0. The van der Waals surface area contributed by atoms with Crippen molar-refractivity contribution in [3.8, 4) is 11.3 Å². The number of carbonyl (C=O) groups is 2. The van der Waals surface area contributed by atoms with Crippen LogP contribution in [-0.2, 0) is 22.1 Å². The number of aromatic nitrogens is 2. The van der Waals surface area contributed by atoms with Gasteiger partial charge >= 0.3 is 18.4 Å². The summed E-state index contributed by atoms with van der Waals surface area (Å²) in [5.74, 6) is 0.469. The lowest BCUT2D eigenvalue weighted by Gasteiger charge is -2.27. The van der Waals surface area contributed by atoms with E-state index < -0.39 is 35.6 Å². The summed E-state index contributed by atoms with van der Waals surface area (Å²) in [4.78, 5) is 31.2. The summed E-state index contributed by atoms with van der Waals surface area (Å²) in [5, 5.41) is 8.65. The van der Waals surface area contributed by atoms with Crippen LogP contribution in [0.4, 0.5) is 28.6 Å². The number of fused-ring (bicyclic) bond motifs is 1. The molecule has 0 aliphatic rings. The fourth-order valence-electron chi connectivity index (χ4n) is 4.21. The molecule has 2 aromatic heterocycles. The summed E-state index contributed by atoms with van der Waals surface area (Å²) in [6.07, 6.45) is -1.20. The minimum Gasteiger partial charge on any atom is -0.445 e. The van der Waals surface area contributed by atoms with Crippen molar-refractivity contribution in [2.24, 2.45) is 0 Å². The van der Waals surface area contributed by atoms with E-state index >= 15 is 0 Å². The molecule has 9 nitrogen and oxygen atoms in total. The van der Waals surface area contributed by atoms with E-state index in [0.29, 0.717) is 16.9 Å². The number of rotatable bonds is 9. The van der Waals surface area contributed by atoms with Gasteiger partial charge in [-0.15, -0.1) is 0 Å². The number of anilines is 1. The third-order valence-corrected chi connectivity index (χ3v) is 6.13. The molecule has 12 heteroatoms. The van der Waals surface area contributed by atoms with Crippen LogP contribution in [0.3, 0.4) is 0 Å². The molecule has 226 valence electrons. The zero-order chi connectivity index (χ0) is 31.2. The van der Waals surface area contributed by atoms with Gasteiger partial charge < -0.3 is 19.3 Å². The van der Waals surface area contributed by atoms with Gasteiger partial charge in [0, 0.05) is 29.4 Å². The molecule has 1 atom stereocenters. The number of halogens is 3. The molecule has 0 radical (unpaired) electrons. The van der Waals surface area contributed by atoms with Crippen LogP contribution in [0.1, 0.15) is 31.9 Å². The molecular formula is C31H31F3N4O5. The molecule has 1 unspecified atom stereocenters. The van der Waals surface area contributed by atoms with Crippen LogP contribution in [0.2, 0.25) is 0 Å². The van der Waals surface area contributed by atoms with Gasteiger partial charge in [0.2, 0.25) is 0 Å². The Morgan fingerprint density at radius 1 is 1.07 bits per heavy atom. The van der Waals surface area contributed by atoms with Crippen molar-refractivity contribution in [1.29, 1.82) is 0 Å². The van der Waals surface area contributed by atoms with E-state index in [1.807, 2.05) is 24.3 Å². The van der Waals surface area contributed by atoms with E-state index in [0.717, 1.165) is 22.9 Å². The predicted octanol–water partition coefficient (Wildman–Crippen LogP) is 7.17. The number of nitrogens with zero attached hydrogens (tertiary/aromatic N) is 3. The Balaban J connectivity index is 1.64. The number of amides is 2. The minimum atomic E-state index is -4.50. The van der Waals surface area contributed by atoms with Crippen LogP contribution in [-0.4, -0.2) is 47.1 Å². The standard InChI is InChI=1S/C31H31F3N4O5/c1-5-14-41-29(40)38(27-17-26(43-37-27)22-8-9-23-18-35-13-12-21(23)16-22)19-25(36-28(39)42-30(2,3)4)15-20-6-10-24(11-7-20)31(32,33)34/h5-13,16-18,25H,1,14-15,19H2,2-4H3,(H,36,39). The van der Waals surface area contributed by atoms with Gasteiger partial charge in [-0.1, -0.05) is 42.1 Å². The summed E-state index contributed by atoms with van der Waals surface area (Å²) in [7, 11) is 0. The van der Waals surface area contributed by atoms with Crippen molar-refractivity contribution < 1.29 is 36.8 Å². The largest absolute Gasteiger partial charge is 0.445 e. The highest BCUT2D eigenvalue weighted by Gasteiger charge is 2.31. The maximum Gasteiger partial charge on any atom is 0.416 e. The molecule has 0 spiro atoms. The number of nitrogens with one attached hydrogen (secondary N) is 1. The van der Waals surface area contributed by atoms with Crippen molar-refractivity contribution in [3.05, 3.63) is 90.8 Å². The van der Waals surface area contributed by atoms with Crippen LogP contribution in [0.5, 0.6) is 0 Å². The molecule has 2 aromatic carbocycles. The second-order valence-corrected chi connectivity index (χ2v) is 10.7. The van der Waals surface area contributed by atoms with Crippen LogP contribution in [0, 0.1) is 0 Å². The topological polar surface area (TPSA) is 107 Å². The lowest BCUT2D eigenvalue weighted by atomic mass is 10.0. The van der Waals surface area contributed by atoms with Crippen LogP contribution in [0.15, 0.2) is 84.2 Å². The zero-order valence-electron chi connectivity index (χ0n) is 23.9. The molecule has 0 saturated heterocycles. The first-order valence-electron chi connectivity index (χ1n) is 13.3. The van der Waals surface area contributed by atoms with E-state index in [-0.39, 0.29) is 25.4 Å². The Labute approximate surface area is 246 Å². The zero-order valence-corrected chi connectivity index (χ0v) is 23.9. The van der Waals surface area contributed by atoms with Gasteiger partial charge in [-0.3, -0.25) is 9.88 Å². The molecule has 43 heavy (non-hydrogen) atoms. The number of benzene rings is 2. The van der Waals surface area contributed by atoms with Crippen molar-refractivity contribution in [2.75, 3.05) is 18.1 Å². The summed E-state index contributed by atoms with van der Waals surface area (Å²) in [6, 6.07) is 12.7. The van der Waals surface area contributed by atoms with Crippen molar-refractivity contribution in [1.82, 2.24) is 15.5 Å². The molecular weight excluding hydrogens is 565 g/mol. The number of ether oxygens (including phenoxy) is 2. The lowest BCUT2D eigenvalue weighted by Crippen LogP contribution is -2.48. The second-order valence-electron chi connectivity index (χ2n) is 10.7. The summed E-state index contributed by atoms with van der Waals surface area (Å²) >= 11 is 0. The number of hydrogen-bond acceptors (Lipinski definition) is 7. The molecule has 4 rings (SSSR count). The van der Waals surface area contributed by atoms with Crippen molar-refractivity contribution in [2.45, 2.75) is 45.0 Å². The van der Waals surface area contributed by atoms with E-state index in [1.165, 1.54) is 23.1 Å². The van der Waals surface area contributed by atoms with Gasteiger partial charge in [0.1, 0.15) is 12.2 Å². The highest BCUT2D eigenvalue weighted by Crippen LogP contribution is 2.30. The number of carbonyl (C=O) groups excluding carboxylic acids is 2. The Hall–Kier alpha value is -4.87. The summed E-state index contributed by atoms with van der Waals surface area (Å²) in [5.41, 5.74) is -0.435. The Morgan fingerprint density at radius 3 is 2.49 bits per heavy atom. The maximum absolute atomic E-state index is 13.2. The van der Waals surface area contributed by atoms with Crippen molar-refractivity contribution >= 4 is 28.8 Å². The fraction of sp³-hybridized carbons (Fsp3) is 0.290. The minimum absolute atomic E-state index is 0.0615. The van der Waals surface area contributed by atoms with Crippen LogP contribution >= 0.6 is 0 Å². The van der Waals surface area contributed by atoms with Gasteiger partial charge in [-0.05, 0) is 62.4 Å². The average molecular weight is 597 g/mol. The molecule has 0 aliphatic heterocycles. The van der Waals surface area contributed by atoms with Gasteiger partial charge in [-0.25, -0.2) is 9.59 Å². The Kier molecular flexibility index (Phi) is 9.37. The Morgan fingerprint density at radius 2 is 1.81 bits per heavy atom. The lowest BCUT2D eigenvalue weighted by molar-refractivity contribution is -0.137. The van der Waals surface area contributed by atoms with Gasteiger partial charge in [0.05, 0.1) is 18.2 Å². The third kappa shape index (κ3) is 8.57. The fourth-order valence-corrected chi connectivity index (χ4v) is 4.21. The molecule has 0 fully saturated rings. The highest BCUT2D eigenvalue weighted by atomic mass is 19.4. The molecule has 1 N–H and O–H groups in total. The maximum atomic E-state index is 13.2. The van der Waals surface area contributed by atoms with Crippen molar-refractivity contribution in [3.63, 3.8) is 0 Å². The molecule has 2 amide bonds. The summed E-state index contributed by atoms with van der Waals surface area (Å²) in [6.45, 7) is 8.36. The SMILES string of the molecule is C=CCOC(=O)N(CC(Cc1ccc(C(F)(F)F)cc1)NC(=O)OC(C)(C)C)c1cc(-c2ccc3cnccc3c2)on1. The van der Waals surface area contributed by atoms with Gasteiger partial charge in [0.15, 0.2) is 11.6 Å². The first-order chi connectivity index (χ1) is 20.3. The summed E-state index contributed by atoms with van der Waals surface area (Å²) < 4.78 is 55.6. The first kappa shape index (κ1) is 31.1. The van der Waals surface area contributed by atoms with E-state index in [9.17, 15) is 22.8 Å². The van der Waals surface area contributed by atoms with E-state index in [2.05, 4.69) is 22.0 Å². The molecule has 0 aliphatic carbocycles. The van der Waals surface area contributed by atoms with E-state index in [1.54, 1.807) is 39.2 Å². The van der Waals surface area contributed by atoms with Crippen LogP contribution < -0.4 is 10.2 Å². The number of alkyl carbamates (subject to hydrolysis) is 1. The highest BCUT2D eigenvalue weighted by molar-refractivity contribution is 5.89. The number of hydrogen-bond donors (Lipinski definition) is 1. The normalized spacial score (nSPS) is 12.4. The van der Waals surface area contributed by atoms with E-state index in [4.69, 9.17) is 14.0 Å². The quantitative estimate of drug-likeness (QED) is 0.204. The van der Waals surface area contributed by atoms with Crippen LogP contribution in [0.25, 0.3) is 22.1 Å². The van der Waals surface area contributed by atoms with Gasteiger partial charge in [0.25, 0.3) is 0 Å². The smallest absolute Gasteiger partial charge is 0.416 e. The van der Waals surface area contributed by atoms with Gasteiger partial charge in [-0.2, -0.15) is 13.2 Å². The monoisotopic (exact) mass is 596 g/mol. The predicted molar refractivity (Wildman–Crippen MR) is 154 cm³/mol. The number of alkyl halides is 3. The number of pyridine rings is 1. The average Bonchev–Trinajstić information content (AvgIpc) is 3.43. The third-order valence-electron chi connectivity index (χ3n) is 6.13. The molecule has 2 heterocycles. The molecule has 4 aromatic rings. The first-order valence-corrected chi connectivity index (χ1v) is 13.3. The Bertz CT molecular complexity index is 1580. The molecule has 0 bridgehead atoms.